The van der Waals surface area contributed by atoms with Gasteiger partial charge in [-0.3, -0.25) is 4.90 Å². The minimum absolute atomic E-state index is 0.395. The van der Waals surface area contributed by atoms with Crippen LogP contribution in [-0.4, -0.2) is 32.1 Å². The van der Waals surface area contributed by atoms with Gasteiger partial charge in [-0.15, -0.1) is 0 Å². The fourth-order valence-electron chi connectivity index (χ4n) is 2.87. The summed E-state index contributed by atoms with van der Waals surface area (Å²) in [5.74, 6) is 1.44. The van der Waals surface area contributed by atoms with Crippen molar-refractivity contribution in [2.24, 2.45) is 11.7 Å². The first-order valence-corrected chi connectivity index (χ1v) is 6.69. The summed E-state index contributed by atoms with van der Waals surface area (Å²) >= 11 is 6.17. The molecule has 1 aliphatic heterocycles. The van der Waals surface area contributed by atoms with Crippen molar-refractivity contribution in [3.05, 3.63) is 28.3 Å². The Balaban J connectivity index is 2.36. The number of hydrogen-bond acceptors (Lipinski definition) is 3. The van der Waals surface area contributed by atoms with Crippen LogP contribution in [0.3, 0.4) is 0 Å². The third kappa shape index (κ3) is 2.48. The highest BCUT2D eigenvalue weighted by molar-refractivity contribution is 6.30. The Morgan fingerprint density at radius 1 is 1.50 bits per heavy atom. The van der Waals surface area contributed by atoms with E-state index in [2.05, 4.69) is 24.9 Å². The molecule has 4 heteroatoms. The van der Waals surface area contributed by atoms with Gasteiger partial charge in [-0.25, -0.2) is 0 Å². The zero-order valence-electron chi connectivity index (χ0n) is 11.2. The first-order valence-electron chi connectivity index (χ1n) is 6.31. The van der Waals surface area contributed by atoms with Crippen LogP contribution in [0.25, 0.3) is 0 Å². The molecule has 0 amide bonds. The molecule has 1 aromatic rings. The summed E-state index contributed by atoms with van der Waals surface area (Å²) in [5.41, 5.74) is 8.22. The molecular formula is C14H21ClN2O. The lowest BCUT2D eigenvalue weighted by molar-refractivity contribution is 0.311. The van der Waals surface area contributed by atoms with Gasteiger partial charge in [-0.1, -0.05) is 11.6 Å². The van der Waals surface area contributed by atoms with E-state index in [9.17, 15) is 0 Å². The smallest absolute Gasteiger partial charge is 0.123 e. The van der Waals surface area contributed by atoms with E-state index >= 15 is 0 Å². The SMILES string of the molecule is COc1cc(Cl)cc(C2CC(CN)CN2C)c1C. The van der Waals surface area contributed by atoms with Crippen LogP contribution in [0.2, 0.25) is 5.02 Å². The average Bonchev–Trinajstić information content (AvgIpc) is 2.73. The molecule has 1 heterocycles. The first-order chi connectivity index (χ1) is 8.56. The number of nitrogens with zero attached hydrogens (tertiary/aromatic N) is 1. The lowest BCUT2D eigenvalue weighted by atomic mass is 9.96. The predicted molar refractivity (Wildman–Crippen MR) is 75.3 cm³/mol. The van der Waals surface area contributed by atoms with Crippen LogP contribution >= 0.6 is 11.6 Å². The standard InChI is InChI=1S/C14H21ClN2O/c1-9-12(5-11(15)6-14(9)18-3)13-4-10(7-16)8-17(13)2/h5-6,10,13H,4,7-8,16H2,1-3H3. The number of nitrogens with two attached hydrogens (primary N) is 1. The van der Waals surface area contributed by atoms with Crippen molar-refractivity contribution in [2.45, 2.75) is 19.4 Å². The number of methoxy groups -OCH3 is 1. The topological polar surface area (TPSA) is 38.5 Å². The third-order valence-corrected chi connectivity index (χ3v) is 4.13. The number of rotatable bonds is 3. The Hall–Kier alpha value is -0.770. The van der Waals surface area contributed by atoms with E-state index in [0.29, 0.717) is 12.0 Å². The van der Waals surface area contributed by atoms with Crippen molar-refractivity contribution in [1.82, 2.24) is 4.90 Å². The fraction of sp³-hybridized carbons (Fsp3) is 0.571. The lowest BCUT2D eigenvalue weighted by Gasteiger charge is -2.23. The molecule has 0 aromatic heterocycles. The summed E-state index contributed by atoms with van der Waals surface area (Å²) in [5, 5.41) is 0.733. The molecule has 0 aliphatic carbocycles. The monoisotopic (exact) mass is 268 g/mol. The molecular weight excluding hydrogens is 248 g/mol. The van der Waals surface area contributed by atoms with Crippen LogP contribution < -0.4 is 10.5 Å². The maximum absolute atomic E-state index is 6.17. The highest BCUT2D eigenvalue weighted by Gasteiger charge is 2.31. The first kappa shape index (κ1) is 13.7. The van der Waals surface area contributed by atoms with Crippen LogP contribution in [0.1, 0.15) is 23.6 Å². The summed E-state index contributed by atoms with van der Waals surface area (Å²) in [4.78, 5) is 2.36. The zero-order valence-corrected chi connectivity index (χ0v) is 12.0. The summed E-state index contributed by atoms with van der Waals surface area (Å²) in [7, 11) is 3.83. The number of benzene rings is 1. The van der Waals surface area contributed by atoms with Gasteiger partial charge in [0.1, 0.15) is 5.75 Å². The molecule has 2 rings (SSSR count). The summed E-state index contributed by atoms with van der Waals surface area (Å²) in [6.45, 7) is 3.89. The van der Waals surface area contributed by atoms with Crippen LogP contribution in [0.5, 0.6) is 5.75 Å². The summed E-state index contributed by atoms with van der Waals surface area (Å²) in [6.07, 6.45) is 1.09. The molecule has 0 radical (unpaired) electrons. The molecule has 1 aliphatic rings. The number of hydrogen-bond donors (Lipinski definition) is 1. The Morgan fingerprint density at radius 3 is 2.78 bits per heavy atom. The van der Waals surface area contributed by atoms with E-state index in [0.717, 1.165) is 30.3 Å². The highest BCUT2D eigenvalue weighted by Crippen LogP contribution is 2.39. The Morgan fingerprint density at radius 2 is 2.22 bits per heavy atom. The minimum Gasteiger partial charge on any atom is -0.496 e. The molecule has 2 N–H and O–H groups in total. The van der Waals surface area contributed by atoms with Gasteiger partial charge in [0.15, 0.2) is 0 Å². The van der Waals surface area contributed by atoms with Gasteiger partial charge in [-0.2, -0.15) is 0 Å². The number of ether oxygens (including phenoxy) is 1. The van der Waals surface area contributed by atoms with Crippen LogP contribution in [0, 0.1) is 12.8 Å². The van der Waals surface area contributed by atoms with E-state index in [1.165, 1.54) is 11.1 Å². The van der Waals surface area contributed by atoms with E-state index in [-0.39, 0.29) is 0 Å². The van der Waals surface area contributed by atoms with Crippen molar-refractivity contribution in [1.29, 1.82) is 0 Å². The van der Waals surface area contributed by atoms with Crippen LogP contribution in [0.4, 0.5) is 0 Å². The molecule has 100 valence electrons. The van der Waals surface area contributed by atoms with Crippen molar-refractivity contribution in [2.75, 3.05) is 27.2 Å². The third-order valence-electron chi connectivity index (χ3n) is 3.91. The fourth-order valence-corrected chi connectivity index (χ4v) is 3.09. The van der Waals surface area contributed by atoms with Crippen molar-refractivity contribution in [3.8, 4) is 5.75 Å². The average molecular weight is 269 g/mol. The number of halogens is 1. The molecule has 1 fully saturated rings. The predicted octanol–water partition coefficient (Wildman–Crippen LogP) is 2.61. The lowest BCUT2D eigenvalue weighted by Crippen LogP contribution is -2.21. The van der Waals surface area contributed by atoms with Gasteiger partial charge in [0.05, 0.1) is 7.11 Å². The Bertz CT molecular complexity index is 436. The van der Waals surface area contributed by atoms with E-state index in [1.54, 1.807) is 7.11 Å². The van der Waals surface area contributed by atoms with Gasteiger partial charge in [-0.05, 0) is 56.1 Å². The van der Waals surface area contributed by atoms with E-state index < -0.39 is 0 Å². The Labute approximate surface area is 114 Å². The second-order valence-electron chi connectivity index (χ2n) is 5.12. The second-order valence-corrected chi connectivity index (χ2v) is 5.55. The molecule has 0 saturated carbocycles. The van der Waals surface area contributed by atoms with E-state index in [1.807, 2.05) is 6.07 Å². The molecule has 0 bridgehead atoms. The van der Waals surface area contributed by atoms with Crippen molar-refractivity contribution < 1.29 is 4.74 Å². The van der Waals surface area contributed by atoms with Gasteiger partial charge >= 0.3 is 0 Å². The molecule has 2 atom stereocenters. The van der Waals surface area contributed by atoms with Crippen LogP contribution in [-0.2, 0) is 0 Å². The van der Waals surface area contributed by atoms with Crippen molar-refractivity contribution in [3.63, 3.8) is 0 Å². The van der Waals surface area contributed by atoms with E-state index in [4.69, 9.17) is 22.1 Å². The van der Waals surface area contributed by atoms with Crippen LogP contribution in [0.15, 0.2) is 12.1 Å². The maximum atomic E-state index is 6.17. The van der Waals surface area contributed by atoms with Crippen molar-refractivity contribution >= 4 is 11.6 Å². The minimum atomic E-state index is 0.395. The molecule has 2 unspecified atom stereocenters. The molecule has 0 spiro atoms. The summed E-state index contributed by atoms with van der Waals surface area (Å²) < 4.78 is 5.39. The molecule has 1 saturated heterocycles. The molecule has 18 heavy (non-hydrogen) atoms. The van der Waals surface area contributed by atoms with Gasteiger partial charge in [0.2, 0.25) is 0 Å². The summed E-state index contributed by atoms with van der Waals surface area (Å²) in [6, 6.07) is 4.32. The second kappa shape index (κ2) is 5.47. The Kier molecular flexibility index (Phi) is 4.15. The van der Waals surface area contributed by atoms with Gasteiger partial charge in [0, 0.05) is 17.6 Å². The van der Waals surface area contributed by atoms with Gasteiger partial charge < -0.3 is 10.5 Å². The van der Waals surface area contributed by atoms with Gasteiger partial charge in [0.25, 0.3) is 0 Å². The molecule has 1 aromatic carbocycles. The zero-order chi connectivity index (χ0) is 13.3. The highest BCUT2D eigenvalue weighted by atomic mass is 35.5. The maximum Gasteiger partial charge on any atom is 0.123 e. The number of likely N-dealkylation sites (tertiary alicyclic amines) is 1. The molecule has 3 nitrogen and oxygen atoms in total. The normalized spacial score (nSPS) is 24.5. The quantitative estimate of drug-likeness (QED) is 0.916. The largest absolute Gasteiger partial charge is 0.496 e.